The summed E-state index contributed by atoms with van der Waals surface area (Å²) < 4.78 is 11.7. The minimum atomic E-state index is -0.528. The lowest BCUT2D eigenvalue weighted by Crippen LogP contribution is -2.11. The SMILES string of the molecule is COc1cccc(C(=O)OCc2ncnn2C)c1N. The summed E-state index contributed by atoms with van der Waals surface area (Å²) in [5.41, 5.74) is 6.34. The number of hydrogen-bond donors (Lipinski definition) is 1. The fourth-order valence-corrected chi connectivity index (χ4v) is 1.56. The molecule has 7 nitrogen and oxygen atoms in total. The lowest BCUT2D eigenvalue weighted by Gasteiger charge is -2.09. The number of methoxy groups -OCH3 is 1. The van der Waals surface area contributed by atoms with Crippen LogP contribution in [0.1, 0.15) is 16.2 Å². The third kappa shape index (κ3) is 2.65. The number of benzene rings is 1. The van der Waals surface area contributed by atoms with E-state index >= 15 is 0 Å². The quantitative estimate of drug-likeness (QED) is 0.646. The number of nitrogen functional groups attached to an aromatic ring is 1. The van der Waals surface area contributed by atoms with Crippen LogP contribution in [0.3, 0.4) is 0 Å². The number of carbonyl (C=O) groups excluding carboxylic acids is 1. The minimum Gasteiger partial charge on any atom is -0.495 e. The number of anilines is 1. The molecule has 0 fully saturated rings. The molecular weight excluding hydrogens is 248 g/mol. The first-order valence-corrected chi connectivity index (χ1v) is 5.56. The van der Waals surface area contributed by atoms with Crippen molar-refractivity contribution in [3.8, 4) is 5.75 Å². The second-order valence-electron chi connectivity index (χ2n) is 3.80. The molecule has 1 aromatic heterocycles. The van der Waals surface area contributed by atoms with Crippen molar-refractivity contribution in [2.45, 2.75) is 6.61 Å². The molecule has 0 aliphatic rings. The van der Waals surface area contributed by atoms with Gasteiger partial charge in [0.15, 0.2) is 12.4 Å². The van der Waals surface area contributed by atoms with Crippen LogP contribution in [-0.2, 0) is 18.4 Å². The molecule has 0 aliphatic heterocycles. The Morgan fingerprint density at radius 3 is 2.89 bits per heavy atom. The van der Waals surface area contributed by atoms with Crippen LogP contribution in [0.4, 0.5) is 5.69 Å². The van der Waals surface area contributed by atoms with Crippen molar-refractivity contribution in [1.82, 2.24) is 14.8 Å². The lowest BCUT2D eigenvalue weighted by molar-refractivity contribution is 0.0459. The molecule has 1 heterocycles. The zero-order chi connectivity index (χ0) is 13.8. The fraction of sp³-hybridized carbons (Fsp3) is 0.250. The van der Waals surface area contributed by atoms with Crippen LogP contribution in [0.15, 0.2) is 24.5 Å². The Kier molecular flexibility index (Phi) is 3.65. The highest BCUT2D eigenvalue weighted by atomic mass is 16.5. The molecule has 19 heavy (non-hydrogen) atoms. The molecule has 0 saturated heterocycles. The third-order valence-corrected chi connectivity index (χ3v) is 2.64. The fourth-order valence-electron chi connectivity index (χ4n) is 1.56. The predicted octanol–water partition coefficient (Wildman–Crippen LogP) is 0.763. The first-order chi connectivity index (χ1) is 9.13. The van der Waals surface area contributed by atoms with Gasteiger partial charge >= 0.3 is 5.97 Å². The van der Waals surface area contributed by atoms with Crippen LogP contribution in [0.5, 0.6) is 5.75 Å². The third-order valence-electron chi connectivity index (χ3n) is 2.64. The molecule has 2 N–H and O–H groups in total. The smallest absolute Gasteiger partial charge is 0.340 e. The summed E-state index contributed by atoms with van der Waals surface area (Å²) >= 11 is 0. The molecule has 0 amide bonds. The molecule has 0 unspecified atom stereocenters. The van der Waals surface area contributed by atoms with E-state index in [4.69, 9.17) is 15.2 Å². The second-order valence-corrected chi connectivity index (χ2v) is 3.80. The van der Waals surface area contributed by atoms with Crippen molar-refractivity contribution < 1.29 is 14.3 Å². The molecule has 0 aliphatic carbocycles. The summed E-state index contributed by atoms with van der Waals surface area (Å²) in [5, 5.41) is 3.88. The predicted molar refractivity (Wildman–Crippen MR) is 67.5 cm³/mol. The average Bonchev–Trinajstić information content (AvgIpc) is 2.82. The van der Waals surface area contributed by atoms with Crippen LogP contribution in [-0.4, -0.2) is 27.8 Å². The number of nitrogens with zero attached hydrogens (tertiary/aromatic N) is 3. The number of ether oxygens (including phenoxy) is 2. The maximum Gasteiger partial charge on any atom is 0.340 e. The molecule has 7 heteroatoms. The molecule has 0 radical (unpaired) electrons. The number of para-hydroxylation sites is 1. The summed E-state index contributed by atoms with van der Waals surface area (Å²) in [6.07, 6.45) is 1.39. The van der Waals surface area contributed by atoms with Gasteiger partial charge in [-0.1, -0.05) is 6.07 Å². The molecular formula is C12H14N4O3. The highest BCUT2D eigenvalue weighted by molar-refractivity contribution is 5.96. The summed E-state index contributed by atoms with van der Waals surface area (Å²) in [6.45, 7) is 0.0337. The second kappa shape index (κ2) is 5.38. The van der Waals surface area contributed by atoms with Crippen molar-refractivity contribution in [3.05, 3.63) is 35.9 Å². The number of carbonyl (C=O) groups is 1. The van der Waals surface area contributed by atoms with Gasteiger partial charge in [-0.15, -0.1) is 0 Å². The van der Waals surface area contributed by atoms with Gasteiger partial charge in [0.1, 0.15) is 12.1 Å². The number of aromatic nitrogens is 3. The van der Waals surface area contributed by atoms with Gasteiger partial charge in [-0.25, -0.2) is 9.78 Å². The number of nitrogens with two attached hydrogens (primary N) is 1. The minimum absolute atomic E-state index is 0.0337. The van der Waals surface area contributed by atoms with E-state index < -0.39 is 5.97 Å². The van der Waals surface area contributed by atoms with E-state index in [1.54, 1.807) is 25.2 Å². The zero-order valence-electron chi connectivity index (χ0n) is 10.7. The molecule has 1 aromatic carbocycles. The Morgan fingerprint density at radius 1 is 1.47 bits per heavy atom. The van der Waals surface area contributed by atoms with Crippen LogP contribution in [0, 0.1) is 0 Å². The summed E-state index contributed by atoms with van der Waals surface area (Å²) in [6, 6.07) is 4.93. The highest BCUT2D eigenvalue weighted by Crippen LogP contribution is 2.25. The molecule has 0 atom stereocenters. The summed E-state index contributed by atoms with van der Waals surface area (Å²) in [7, 11) is 3.20. The van der Waals surface area contributed by atoms with Crippen molar-refractivity contribution >= 4 is 11.7 Å². The zero-order valence-corrected chi connectivity index (χ0v) is 10.7. The van der Waals surface area contributed by atoms with E-state index in [2.05, 4.69) is 10.1 Å². The van der Waals surface area contributed by atoms with Gasteiger partial charge in [0.2, 0.25) is 0 Å². The molecule has 0 bridgehead atoms. The Balaban J connectivity index is 2.10. The number of aryl methyl sites for hydroxylation is 1. The van der Waals surface area contributed by atoms with Crippen LogP contribution >= 0.6 is 0 Å². The Labute approximate surface area is 110 Å². The van der Waals surface area contributed by atoms with Crippen LogP contribution < -0.4 is 10.5 Å². The number of hydrogen-bond acceptors (Lipinski definition) is 6. The molecule has 2 rings (SSSR count). The Morgan fingerprint density at radius 2 is 2.26 bits per heavy atom. The van der Waals surface area contributed by atoms with Crippen LogP contribution in [0.2, 0.25) is 0 Å². The average molecular weight is 262 g/mol. The Bertz CT molecular complexity index is 594. The normalized spacial score (nSPS) is 10.2. The van der Waals surface area contributed by atoms with E-state index in [-0.39, 0.29) is 17.9 Å². The molecule has 0 spiro atoms. The maximum atomic E-state index is 11.9. The molecule has 2 aromatic rings. The van der Waals surface area contributed by atoms with Gasteiger partial charge in [-0.2, -0.15) is 5.10 Å². The largest absolute Gasteiger partial charge is 0.495 e. The van der Waals surface area contributed by atoms with Crippen molar-refractivity contribution in [2.24, 2.45) is 7.05 Å². The standard InChI is InChI=1S/C12H14N4O3/c1-16-10(14-7-15-16)6-19-12(17)8-4-3-5-9(18-2)11(8)13/h3-5,7H,6,13H2,1-2H3. The van der Waals surface area contributed by atoms with Gasteiger partial charge in [-0.3, -0.25) is 4.68 Å². The topological polar surface area (TPSA) is 92.3 Å². The molecule has 100 valence electrons. The van der Waals surface area contributed by atoms with E-state index in [0.29, 0.717) is 11.6 Å². The maximum absolute atomic E-state index is 11.9. The summed E-state index contributed by atoms with van der Waals surface area (Å²) in [5.74, 6) is 0.460. The van der Waals surface area contributed by atoms with Gasteiger partial charge in [0.05, 0.1) is 18.4 Å². The first kappa shape index (κ1) is 12.9. The highest BCUT2D eigenvalue weighted by Gasteiger charge is 2.15. The van der Waals surface area contributed by atoms with Crippen molar-refractivity contribution in [3.63, 3.8) is 0 Å². The van der Waals surface area contributed by atoms with E-state index in [1.165, 1.54) is 18.1 Å². The van der Waals surface area contributed by atoms with E-state index in [1.807, 2.05) is 0 Å². The first-order valence-electron chi connectivity index (χ1n) is 5.56. The van der Waals surface area contributed by atoms with Gasteiger partial charge < -0.3 is 15.2 Å². The van der Waals surface area contributed by atoms with Gasteiger partial charge in [0.25, 0.3) is 0 Å². The monoisotopic (exact) mass is 262 g/mol. The van der Waals surface area contributed by atoms with Crippen molar-refractivity contribution in [2.75, 3.05) is 12.8 Å². The van der Waals surface area contributed by atoms with Crippen molar-refractivity contribution in [1.29, 1.82) is 0 Å². The van der Waals surface area contributed by atoms with Gasteiger partial charge in [-0.05, 0) is 12.1 Å². The van der Waals surface area contributed by atoms with Crippen LogP contribution in [0.25, 0.3) is 0 Å². The Hall–Kier alpha value is -2.57. The van der Waals surface area contributed by atoms with E-state index in [9.17, 15) is 4.79 Å². The summed E-state index contributed by atoms with van der Waals surface area (Å²) in [4.78, 5) is 15.9. The van der Waals surface area contributed by atoms with E-state index in [0.717, 1.165) is 0 Å². The lowest BCUT2D eigenvalue weighted by atomic mass is 10.1. The van der Waals surface area contributed by atoms with Gasteiger partial charge in [0, 0.05) is 7.05 Å². The number of esters is 1. The molecule has 0 saturated carbocycles. The number of rotatable bonds is 4.